The molecule has 2 aromatic carbocycles. The minimum atomic E-state index is -0.187. The Balaban J connectivity index is 2.06. The molecule has 0 fully saturated rings. The molecule has 100 valence electrons. The maximum Gasteiger partial charge on any atom is 0.127 e. The van der Waals surface area contributed by atoms with Crippen molar-refractivity contribution in [2.45, 2.75) is 19.5 Å². The van der Waals surface area contributed by atoms with E-state index in [1.807, 2.05) is 31.2 Å². The molecule has 1 atom stereocenters. The first kappa shape index (κ1) is 14.5. The maximum atomic E-state index is 13.6. The van der Waals surface area contributed by atoms with Crippen molar-refractivity contribution < 1.29 is 4.39 Å². The van der Waals surface area contributed by atoms with Crippen molar-refractivity contribution in [3.05, 3.63) is 68.9 Å². The average molecular weight is 343 g/mol. The topological polar surface area (TPSA) is 12.0 Å². The zero-order chi connectivity index (χ0) is 13.8. The van der Waals surface area contributed by atoms with Gasteiger partial charge in [0.05, 0.1) is 0 Å². The van der Waals surface area contributed by atoms with Crippen LogP contribution in [0.2, 0.25) is 5.02 Å². The van der Waals surface area contributed by atoms with E-state index in [9.17, 15) is 4.39 Å². The van der Waals surface area contributed by atoms with E-state index in [4.69, 9.17) is 11.6 Å². The highest BCUT2D eigenvalue weighted by Gasteiger charge is 2.10. The van der Waals surface area contributed by atoms with Crippen LogP contribution in [0.5, 0.6) is 0 Å². The Bertz CT molecular complexity index is 574. The Morgan fingerprint density at radius 3 is 2.74 bits per heavy atom. The fraction of sp³-hybridized carbons (Fsp3) is 0.200. The normalized spacial score (nSPS) is 12.4. The van der Waals surface area contributed by atoms with E-state index < -0.39 is 0 Å². The van der Waals surface area contributed by atoms with Gasteiger partial charge in [0.2, 0.25) is 0 Å². The molecule has 0 unspecified atom stereocenters. The fourth-order valence-corrected chi connectivity index (χ4v) is 2.46. The Kier molecular flexibility index (Phi) is 4.97. The summed E-state index contributed by atoms with van der Waals surface area (Å²) >= 11 is 9.44. The number of benzene rings is 2. The molecule has 0 aliphatic heterocycles. The zero-order valence-corrected chi connectivity index (χ0v) is 12.8. The van der Waals surface area contributed by atoms with Gasteiger partial charge in [-0.2, -0.15) is 0 Å². The van der Waals surface area contributed by atoms with E-state index in [0.717, 1.165) is 10.0 Å². The highest BCUT2D eigenvalue weighted by atomic mass is 79.9. The molecular weight excluding hydrogens is 329 g/mol. The second-order valence-electron chi connectivity index (χ2n) is 4.36. The molecule has 2 aromatic rings. The van der Waals surface area contributed by atoms with E-state index >= 15 is 0 Å². The summed E-state index contributed by atoms with van der Waals surface area (Å²) in [5.74, 6) is -0.187. The first-order valence-corrected chi connectivity index (χ1v) is 7.17. The van der Waals surface area contributed by atoms with Crippen molar-refractivity contribution in [1.82, 2.24) is 5.32 Å². The number of nitrogens with one attached hydrogen (secondary N) is 1. The summed E-state index contributed by atoms with van der Waals surface area (Å²) in [6.07, 6.45) is 0. The van der Waals surface area contributed by atoms with Crippen LogP contribution in [-0.4, -0.2) is 0 Å². The van der Waals surface area contributed by atoms with Crippen molar-refractivity contribution in [1.29, 1.82) is 0 Å². The second-order valence-corrected chi connectivity index (χ2v) is 5.65. The summed E-state index contributed by atoms with van der Waals surface area (Å²) < 4.78 is 14.6. The number of halogens is 3. The third kappa shape index (κ3) is 3.78. The summed E-state index contributed by atoms with van der Waals surface area (Å²) in [5.41, 5.74) is 1.72. The molecule has 0 radical (unpaired) electrons. The minimum Gasteiger partial charge on any atom is -0.306 e. The van der Waals surface area contributed by atoms with Gasteiger partial charge in [-0.05, 0) is 36.8 Å². The molecule has 1 N–H and O–H groups in total. The first-order chi connectivity index (χ1) is 9.08. The summed E-state index contributed by atoms with van der Waals surface area (Å²) in [5, 5.41) is 3.99. The summed E-state index contributed by atoms with van der Waals surface area (Å²) in [6, 6.07) is 12.4. The lowest BCUT2D eigenvalue weighted by atomic mass is 10.1. The maximum absolute atomic E-state index is 13.6. The Morgan fingerprint density at radius 2 is 2.00 bits per heavy atom. The van der Waals surface area contributed by atoms with Gasteiger partial charge in [-0.25, -0.2) is 4.39 Å². The van der Waals surface area contributed by atoms with Gasteiger partial charge in [-0.3, -0.25) is 0 Å². The lowest BCUT2D eigenvalue weighted by Gasteiger charge is -2.15. The predicted molar refractivity (Wildman–Crippen MR) is 80.8 cm³/mol. The molecule has 0 heterocycles. The predicted octanol–water partition coefficient (Wildman–Crippen LogP) is 5.09. The molecule has 0 spiro atoms. The summed E-state index contributed by atoms with van der Waals surface area (Å²) in [4.78, 5) is 0. The molecule has 0 aliphatic rings. The smallest absolute Gasteiger partial charge is 0.127 e. The van der Waals surface area contributed by atoms with Gasteiger partial charge in [-0.15, -0.1) is 0 Å². The SMILES string of the molecule is C[C@@H](NCc1cc(Cl)ccc1Br)c1ccccc1F. The van der Waals surface area contributed by atoms with Gasteiger partial charge < -0.3 is 5.32 Å². The first-order valence-electron chi connectivity index (χ1n) is 5.99. The van der Waals surface area contributed by atoms with E-state index in [2.05, 4.69) is 21.2 Å². The summed E-state index contributed by atoms with van der Waals surface area (Å²) in [7, 11) is 0. The van der Waals surface area contributed by atoms with Crippen molar-refractivity contribution >= 4 is 27.5 Å². The monoisotopic (exact) mass is 341 g/mol. The van der Waals surface area contributed by atoms with Gasteiger partial charge in [-0.1, -0.05) is 45.7 Å². The molecule has 0 saturated heterocycles. The largest absolute Gasteiger partial charge is 0.306 e. The van der Waals surface area contributed by atoms with Gasteiger partial charge in [0.15, 0.2) is 0 Å². The van der Waals surface area contributed by atoms with Crippen molar-refractivity contribution in [2.24, 2.45) is 0 Å². The van der Waals surface area contributed by atoms with E-state index in [-0.39, 0.29) is 11.9 Å². The van der Waals surface area contributed by atoms with E-state index in [1.54, 1.807) is 12.1 Å². The zero-order valence-electron chi connectivity index (χ0n) is 10.5. The fourth-order valence-electron chi connectivity index (χ4n) is 1.88. The minimum absolute atomic E-state index is 0.0629. The third-order valence-electron chi connectivity index (χ3n) is 2.98. The Hall–Kier alpha value is -0.900. The van der Waals surface area contributed by atoms with Crippen LogP contribution in [0.25, 0.3) is 0 Å². The molecule has 4 heteroatoms. The van der Waals surface area contributed by atoms with Gasteiger partial charge in [0.25, 0.3) is 0 Å². The van der Waals surface area contributed by atoms with Crippen molar-refractivity contribution in [2.75, 3.05) is 0 Å². The van der Waals surface area contributed by atoms with Crippen LogP contribution in [0.1, 0.15) is 24.1 Å². The van der Waals surface area contributed by atoms with Crippen LogP contribution < -0.4 is 5.32 Å². The highest BCUT2D eigenvalue weighted by Crippen LogP contribution is 2.22. The molecule has 0 aromatic heterocycles. The molecule has 0 aliphatic carbocycles. The van der Waals surface area contributed by atoms with Crippen molar-refractivity contribution in [3.8, 4) is 0 Å². The Labute approximate surface area is 125 Å². The standard InChI is InChI=1S/C15H14BrClFN/c1-10(13-4-2-3-5-15(13)18)19-9-11-8-12(17)6-7-14(11)16/h2-8,10,19H,9H2,1H3/t10-/m1/s1. The van der Waals surface area contributed by atoms with Gasteiger partial charge in [0, 0.05) is 27.6 Å². The van der Waals surface area contributed by atoms with Crippen LogP contribution >= 0.6 is 27.5 Å². The second kappa shape index (κ2) is 6.51. The quantitative estimate of drug-likeness (QED) is 0.816. The molecule has 0 bridgehead atoms. The van der Waals surface area contributed by atoms with Crippen LogP contribution in [0.15, 0.2) is 46.9 Å². The lowest BCUT2D eigenvalue weighted by Crippen LogP contribution is -2.19. The molecule has 0 amide bonds. The van der Waals surface area contributed by atoms with Gasteiger partial charge >= 0.3 is 0 Å². The third-order valence-corrected chi connectivity index (χ3v) is 3.99. The van der Waals surface area contributed by atoms with Crippen LogP contribution in [0, 0.1) is 5.82 Å². The van der Waals surface area contributed by atoms with Crippen LogP contribution in [-0.2, 0) is 6.54 Å². The van der Waals surface area contributed by atoms with Crippen LogP contribution in [0.3, 0.4) is 0 Å². The van der Waals surface area contributed by atoms with Crippen molar-refractivity contribution in [3.63, 3.8) is 0 Å². The Morgan fingerprint density at radius 1 is 1.26 bits per heavy atom. The molecular formula is C15H14BrClFN. The summed E-state index contributed by atoms with van der Waals surface area (Å²) in [6.45, 7) is 2.56. The molecule has 1 nitrogen and oxygen atoms in total. The van der Waals surface area contributed by atoms with Gasteiger partial charge in [0.1, 0.15) is 5.82 Å². The average Bonchev–Trinajstić information content (AvgIpc) is 2.40. The number of hydrogen-bond donors (Lipinski definition) is 1. The van der Waals surface area contributed by atoms with E-state index in [0.29, 0.717) is 17.1 Å². The molecule has 0 saturated carbocycles. The highest BCUT2D eigenvalue weighted by molar-refractivity contribution is 9.10. The number of hydrogen-bond acceptors (Lipinski definition) is 1. The van der Waals surface area contributed by atoms with E-state index in [1.165, 1.54) is 6.07 Å². The molecule has 19 heavy (non-hydrogen) atoms. The lowest BCUT2D eigenvalue weighted by molar-refractivity contribution is 0.528. The number of rotatable bonds is 4. The molecule has 2 rings (SSSR count). The van der Waals surface area contributed by atoms with Crippen LogP contribution in [0.4, 0.5) is 4.39 Å².